The van der Waals surface area contributed by atoms with Crippen molar-refractivity contribution in [2.24, 2.45) is 0 Å². The summed E-state index contributed by atoms with van der Waals surface area (Å²) in [6, 6.07) is 10.6. The lowest BCUT2D eigenvalue weighted by atomic mass is 10.1. The molecular weight excluding hydrogens is 393 g/mol. The second-order valence-electron chi connectivity index (χ2n) is 5.38. The highest BCUT2D eigenvalue weighted by Crippen LogP contribution is 2.34. The minimum Gasteiger partial charge on any atom is -0.481 e. The molecule has 0 unspecified atom stereocenters. The lowest BCUT2D eigenvalue weighted by Crippen LogP contribution is -2.15. The number of nitrogens with zero attached hydrogens (tertiary/aromatic N) is 1. The number of hydrogen-bond donors (Lipinski definition) is 1. The smallest absolute Gasteiger partial charge is 0.416 e. The topological polar surface area (TPSA) is 62.1 Å². The molecule has 28 heavy (non-hydrogen) atoms. The Morgan fingerprint density at radius 3 is 2.50 bits per heavy atom. The summed E-state index contributed by atoms with van der Waals surface area (Å²) in [6.07, 6.45) is 1.78. The predicted octanol–water partition coefficient (Wildman–Crippen LogP) is 4.92. The van der Waals surface area contributed by atoms with Gasteiger partial charge in [-0.05, 0) is 42.0 Å². The van der Waals surface area contributed by atoms with Crippen LogP contribution in [-0.2, 0) is 11.0 Å². The first-order valence-corrected chi connectivity index (χ1v) is 8.08. The monoisotopic (exact) mass is 404 g/mol. The molecule has 0 aromatic heterocycles. The van der Waals surface area contributed by atoms with Gasteiger partial charge in [0.1, 0.15) is 24.0 Å². The number of carbonyl (C=O) groups excluding carboxylic acids is 1. The number of carbonyl (C=O) groups is 1. The van der Waals surface area contributed by atoms with E-state index in [-0.39, 0.29) is 22.9 Å². The average Bonchev–Trinajstić information content (AvgIpc) is 2.66. The van der Waals surface area contributed by atoms with Crippen LogP contribution in [0, 0.1) is 23.7 Å². The fraction of sp³-hybridized carbons (Fsp3) is 0.100. The van der Waals surface area contributed by atoms with Crippen LogP contribution in [0.4, 0.5) is 18.9 Å². The second kappa shape index (κ2) is 8.98. The van der Waals surface area contributed by atoms with Gasteiger partial charge in [-0.2, -0.15) is 18.4 Å². The number of alkyl halides is 3. The van der Waals surface area contributed by atoms with Crippen LogP contribution in [0.5, 0.6) is 5.75 Å². The van der Waals surface area contributed by atoms with E-state index in [1.807, 2.05) is 0 Å². The number of rotatable bonds is 5. The van der Waals surface area contributed by atoms with Gasteiger partial charge < -0.3 is 10.1 Å². The maximum atomic E-state index is 12.8. The van der Waals surface area contributed by atoms with Gasteiger partial charge in [0.05, 0.1) is 16.3 Å². The third-order valence-corrected chi connectivity index (χ3v) is 3.75. The minimum atomic E-state index is -4.60. The summed E-state index contributed by atoms with van der Waals surface area (Å²) in [5, 5.41) is 11.4. The molecule has 8 heteroatoms. The molecule has 0 saturated heterocycles. The number of nitriles is 1. The first kappa shape index (κ1) is 20.9. The van der Waals surface area contributed by atoms with Crippen molar-refractivity contribution in [2.45, 2.75) is 6.18 Å². The third-order valence-electron chi connectivity index (χ3n) is 3.42. The number of ether oxygens (including phenoxy) is 1. The zero-order valence-electron chi connectivity index (χ0n) is 14.2. The molecular formula is C20H12ClF3N2O2. The summed E-state index contributed by atoms with van der Waals surface area (Å²) in [6.45, 7) is 0.0960. The summed E-state index contributed by atoms with van der Waals surface area (Å²) in [7, 11) is 0. The number of terminal acetylenes is 1. The van der Waals surface area contributed by atoms with Gasteiger partial charge in [-0.3, -0.25) is 4.79 Å². The van der Waals surface area contributed by atoms with E-state index in [0.29, 0.717) is 17.4 Å². The fourth-order valence-corrected chi connectivity index (χ4v) is 2.25. The molecule has 4 nitrogen and oxygen atoms in total. The average molecular weight is 405 g/mol. The molecule has 0 bridgehead atoms. The molecule has 0 saturated carbocycles. The predicted molar refractivity (Wildman–Crippen MR) is 99.4 cm³/mol. The summed E-state index contributed by atoms with van der Waals surface area (Å²) in [5.41, 5.74) is -1.03. The fourth-order valence-electron chi connectivity index (χ4n) is 2.09. The molecule has 0 aliphatic carbocycles. The summed E-state index contributed by atoms with van der Waals surface area (Å²) in [4.78, 5) is 12.3. The maximum Gasteiger partial charge on any atom is 0.416 e. The van der Waals surface area contributed by atoms with Gasteiger partial charge in [0.25, 0.3) is 5.91 Å². The van der Waals surface area contributed by atoms with E-state index < -0.39 is 17.6 Å². The zero-order chi connectivity index (χ0) is 20.7. The molecule has 142 valence electrons. The highest BCUT2D eigenvalue weighted by atomic mass is 35.5. The first-order chi connectivity index (χ1) is 13.2. The van der Waals surface area contributed by atoms with Gasteiger partial charge in [-0.1, -0.05) is 29.7 Å². The Labute approximate surface area is 164 Å². The van der Waals surface area contributed by atoms with Crippen molar-refractivity contribution in [1.29, 1.82) is 5.26 Å². The first-order valence-electron chi connectivity index (χ1n) is 7.71. The van der Waals surface area contributed by atoms with Crippen LogP contribution in [0.2, 0.25) is 5.02 Å². The molecule has 0 aliphatic rings. The van der Waals surface area contributed by atoms with Crippen LogP contribution in [0.25, 0.3) is 6.08 Å². The molecule has 0 atom stereocenters. The van der Waals surface area contributed by atoms with E-state index in [4.69, 9.17) is 22.8 Å². The Bertz CT molecular complexity index is 984. The summed E-state index contributed by atoms with van der Waals surface area (Å²) in [5.74, 6) is 1.93. The Morgan fingerprint density at radius 2 is 1.93 bits per heavy atom. The van der Waals surface area contributed by atoms with Crippen LogP contribution in [0.15, 0.2) is 48.0 Å². The van der Waals surface area contributed by atoms with Gasteiger partial charge in [-0.25, -0.2) is 0 Å². The van der Waals surface area contributed by atoms with Crippen LogP contribution < -0.4 is 10.1 Å². The van der Waals surface area contributed by atoms with Crippen LogP contribution >= 0.6 is 11.6 Å². The number of halogens is 4. The van der Waals surface area contributed by atoms with E-state index in [1.54, 1.807) is 30.3 Å². The number of nitrogens with one attached hydrogen (secondary N) is 1. The molecule has 2 aromatic rings. The number of amides is 1. The Kier molecular flexibility index (Phi) is 6.70. The lowest BCUT2D eigenvalue weighted by Gasteiger charge is -2.11. The molecule has 0 radical (unpaired) electrons. The summed E-state index contributed by atoms with van der Waals surface area (Å²) >= 11 is 5.85. The van der Waals surface area contributed by atoms with Crippen molar-refractivity contribution in [3.05, 3.63) is 64.2 Å². The van der Waals surface area contributed by atoms with Crippen molar-refractivity contribution in [3.63, 3.8) is 0 Å². The zero-order valence-corrected chi connectivity index (χ0v) is 14.9. The van der Waals surface area contributed by atoms with Gasteiger partial charge in [0.2, 0.25) is 0 Å². The molecule has 0 spiro atoms. The third kappa shape index (κ3) is 5.54. The molecule has 1 amide bonds. The van der Waals surface area contributed by atoms with Crippen LogP contribution in [0.1, 0.15) is 11.1 Å². The lowest BCUT2D eigenvalue weighted by molar-refractivity contribution is -0.137. The molecule has 0 fully saturated rings. The Morgan fingerprint density at radius 1 is 1.25 bits per heavy atom. The van der Waals surface area contributed by atoms with Gasteiger partial charge in [-0.15, -0.1) is 6.42 Å². The van der Waals surface area contributed by atoms with Crippen molar-refractivity contribution in [3.8, 4) is 24.2 Å². The molecule has 0 heterocycles. The van der Waals surface area contributed by atoms with Crippen molar-refractivity contribution in [2.75, 3.05) is 11.9 Å². The summed E-state index contributed by atoms with van der Waals surface area (Å²) < 4.78 is 43.7. The molecule has 1 N–H and O–H groups in total. The Balaban J connectivity index is 2.21. The van der Waals surface area contributed by atoms with Gasteiger partial charge in [0, 0.05) is 0 Å². The van der Waals surface area contributed by atoms with Crippen molar-refractivity contribution >= 4 is 29.3 Å². The maximum absolute atomic E-state index is 12.8. The molecule has 0 aliphatic heterocycles. The van der Waals surface area contributed by atoms with Gasteiger partial charge in [0.15, 0.2) is 0 Å². The highest BCUT2D eigenvalue weighted by Gasteiger charge is 2.31. The van der Waals surface area contributed by atoms with Crippen molar-refractivity contribution < 1.29 is 22.7 Å². The van der Waals surface area contributed by atoms with E-state index in [9.17, 15) is 23.2 Å². The van der Waals surface area contributed by atoms with Gasteiger partial charge >= 0.3 is 6.18 Å². The normalized spacial score (nSPS) is 11.3. The van der Waals surface area contributed by atoms with E-state index in [2.05, 4.69) is 11.2 Å². The highest BCUT2D eigenvalue weighted by molar-refractivity contribution is 6.34. The standard InChI is InChI=1S/C20H12ClF3N2O2/c1-2-9-28-16-6-3-13(4-7-16)10-14(12-25)19(27)26-18-11-15(20(22,23)24)5-8-17(18)21/h1,3-8,10-11H,9H2,(H,26,27). The number of benzene rings is 2. The molecule has 2 aromatic carbocycles. The SMILES string of the molecule is C#CCOc1ccc(C=C(C#N)C(=O)Nc2cc(C(F)(F)F)ccc2Cl)cc1. The quantitative estimate of drug-likeness (QED) is 0.437. The Hall–Kier alpha value is -3.42. The van der Waals surface area contributed by atoms with E-state index in [0.717, 1.165) is 12.1 Å². The largest absolute Gasteiger partial charge is 0.481 e. The van der Waals surface area contributed by atoms with Crippen LogP contribution in [-0.4, -0.2) is 12.5 Å². The minimum absolute atomic E-state index is 0.0892. The molecule has 2 rings (SSSR count). The number of hydrogen-bond acceptors (Lipinski definition) is 3. The van der Waals surface area contributed by atoms with Crippen LogP contribution in [0.3, 0.4) is 0 Å². The van der Waals surface area contributed by atoms with E-state index in [1.165, 1.54) is 6.08 Å². The van der Waals surface area contributed by atoms with E-state index >= 15 is 0 Å². The number of anilines is 1. The second-order valence-corrected chi connectivity index (χ2v) is 5.79. The van der Waals surface area contributed by atoms with Crippen molar-refractivity contribution in [1.82, 2.24) is 0 Å².